The van der Waals surface area contributed by atoms with Gasteiger partial charge in [0.05, 0.1) is 5.75 Å². The number of fused-ring (bicyclic) bond motifs is 1. The number of ether oxygens (including phenoxy) is 1. The maximum atomic E-state index is 12.0. The molecule has 2 aromatic carbocycles. The van der Waals surface area contributed by atoms with Gasteiger partial charge in [-0.05, 0) is 65.6 Å². The van der Waals surface area contributed by atoms with E-state index in [1.165, 1.54) is 34.9 Å². The van der Waals surface area contributed by atoms with E-state index in [1.54, 1.807) is 0 Å². The molecule has 0 radical (unpaired) electrons. The zero-order chi connectivity index (χ0) is 20.1. The highest BCUT2D eigenvalue weighted by molar-refractivity contribution is 8.00. The van der Waals surface area contributed by atoms with Gasteiger partial charge in [-0.3, -0.25) is 9.59 Å². The molecule has 0 aliphatic heterocycles. The fourth-order valence-electron chi connectivity index (χ4n) is 3.22. The maximum Gasteiger partial charge on any atom is 0.316 e. The molecule has 1 amide bonds. The summed E-state index contributed by atoms with van der Waals surface area (Å²) in [6, 6.07) is 14.1. The fourth-order valence-corrected chi connectivity index (χ4v) is 3.98. The standard InChI is InChI=1S/C23H27NO3S/c1-23(2,3)18-8-10-19(11-9-18)24-21(25)14-27-22(26)15-28-20-12-7-16-5-4-6-17(16)13-20/h7-13H,4-6,14-15H2,1-3H3,(H,24,25). The average molecular weight is 398 g/mol. The second-order valence-electron chi connectivity index (χ2n) is 8.11. The van der Waals surface area contributed by atoms with Gasteiger partial charge in [0.2, 0.25) is 0 Å². The van der Waals surface area contributed by atoms with Gasteiger partial charge in [0.25, 0.3) is 5.91 Å². The van der Waals surface area contributed by atoms with E-state index in [0.717, 1.165) is 17.7 Å². The zero-order valence-corrected chi connectivity index (χ0v) is 17.5. The Morgan fingerprint density at radius 3 is 2.46 bits per heavy atom. The molecule has 1 aliphatic rings. The largest absolute Gasteiger partial charge is 0.455 e. The predicted molar refractivity (Wildman–Crippen MR) is 114 cm³/mol. The van der Waals surface area contributed by atoms with E-state index in [4.69, 9.17) is 4.74 Å². The van der Waals surface area contributed by atoms with Gasteiger partial charge in [0.1, 0.15) is 0 Å². The quantitative estimate of drug-likeness (QED) is 0.565. The van der Waals surface area contributed by atoms with Crippen molar-refractivity contribution < 1.29 is 14.3 Å². The molecule has 0 bridgehead atoms. The molecule has 0 aromatic heterocycles. The number of anilines is 1. The predicted octanol–water partition coefficient (Wildman–Crippen LogP) is 4.75. The average Bonchev–Trinajstić information content (AvgIpc) is 3.12. The highest BCUT2D eigenvalue weighted by Crippen LogP contribution is 2.27. The number of hydrogen-bond acceptors (Lipinski definition) is 4. The number of esters is 1. The van der Waals surface area contributed by atoms with Crippen molar-refractivity contribution in [2.24, 2.45) is 0 Å². The molecule has 1 aliphatic carbocycles. The Kier molecular flexibility index (Phi) is 6.45. The van der Waals surface area contributed by atoms with Crippen LogP contribution in [0.2, 0.25) is 0 Å². The van der Waals surface area contributed by atoms with Gasteiger partial charge in [-0.2, -0.15) is 0 Å². The number of amides is 1. The van der Waals surface area contributed by atoms with Crippen LogP contribution in [0.5, 0.6) is 0 Å². The van der Waals surface area contributed by atoms with Gasteiger partial charge in [-0.25, -0.2) is 0 Å². The second-order valence-corrected chi connectivity index (χ2v) is 9.16. The summed E-state index contributed by atoms with van der Waals surface area (Å²) in [6.45, 7) is 6.15. The minimum Gasteiger partial charge on any atom is -0.455 e. The number of benzene rings is 2. The maximum absolute atomic E-state index is 12.0. The van der Waals surface area contributed by atoms with Crippen molar-refractivity contribution in [3.8, 4) is 0 Å². The fraction of sp³-hybridized carbons (Fsp3) is 0.391. The highest BCUT2D eigenvalue weighted by Gasteiger charge is 2.14. The van der Waals surface area contributed by atoms with Gasteiger partial charge in [-0.1, -0.05) is 39.0 Å². The van der Waals surface area contributed by atoms with E-state index < -0.39 is 0 Å². The van der Waals surface area contributed by atoms with E-state index in [2.05, 4.69) is 44.3 Å². The molecule has 148 valence electrons. The lowest BCUT2D eigenvalue weighted by Gasteiger charge is -2.19. The first-order chi connectivity index (χ1) is 13.3. The van der Waals surface area contributed by atoms with Crippen LogP contribution in [0.1, 0.15) is 43.9 Å². The number of carbonyl (C=O) groups excluding carboxylic acids is 2. The van der Waals surface area contributed by atoms with Gasteiger partial charge >= 0.3 is 5.97 Å². The van der Waals surface area contributed by atoms with Gasteiger partial charge in [-0.15, -0.1) is 11.8 Å². The first-order valence-electron chi connectivity index (χ1n) is 9.62. The molecule has 1 N–H and O–H groups in total. The van der Waals surface area contributed by atoms with Gasteiger partial charge in [0.15, 0.2) is 6.61 Å². The minimum atomic E-state index is -0.385. The van der Waals surface area contributed by atoms with E-state index in [1.807, 2.05) is 24.3 Å². The molecule has 0 saturated carbocycles. The molecule has 0 spiro atoms. The number of thioether (sulfide) groups is 1. The lowest BCUT2D eigenvalue weighted by molar-refractivity contribution is -0.144. The topological polar surface area (TPSA) is 55.4 Å². The van der Waals surface area contributed by atoms with E-state index in [-0.39, 0.29) is 29.7 Å². The zero-order valence-electron chi connectivity index (χ0n) is 16.7. The van der Waals surface area contributed by atoms with E-state index in [0.29, 0.717) is 5.69 Å². The number of hydrogen-bond donors (Lipinski definition) is 1. The van der Waals surface area contributed by atoms with E-state index in [9.17, 15) is 9.59 Å². The second kappa shape index (κ2) is 8.82. The van der Waals surface area contributed by atoms with Crippen molar-refractivity contribution in [2.75, 3.05) is 17.7 Å². The van der Waals surface area contributed by atoms with E-state index >= 15 is 0 Å². The molecule has 5 heteroatoms. The molecule has 28 heavy (non-hydrogen) atoms. The molecule has 2 aromatic rings. The number of rotatable bonds is 6. The third-order valence-corrected chi connectivity index (χ3v) is 5.79. The summed E-state index contributed by atoms with van der Waals surface area (Å²) >= 11 is 1.45. The van der Waals surface area contributed by atoms with Crippen LogP contribution in [-0.2, 0) is 32.6 Å². The normalized spacial score (nSPS) is 13.1. The van der Waals surface area contributed by atoms with Crippen molar-refractivity contribution in [1.29, 1.82) is 0 Å². The molecule has 0 fully saturated rings. The Balaban J connectivity index is 1.41. The van der Waals surface area contributed by atoms with Crippen molar-refractivity contribution in [3.63, 3.8) is 0 Å². The smallest absolute Gasteiger partial charge is 0.316 e. The van der Waals surface area contributed by atoms with Crippen LogP contribution in [0, 0.1) is 0 Å². The summed E-state index contributed by atoms with van der Waals surface area (Å²) < 4.78 is 5.10. The Morgan fingerprint density at radius 1 is 1.04 bits per heavy atom. The molecule has 0 unspecified atom stereocenters. The molecule has 0 saturated heterocycles. The van der Waals surface area contributed by atoms with Crippen molar-refractivity contribution in [2.45, 2.75) is 50.3 Å². The number of aryl methyl sites for hydroxylation is 2. The van der Waals surface area contributed by atoms with Crippen LogP contribution in [-0.4, -0.2) is 24.2 Å². The third kappa shape index (κ3) is 5.61. The van der Waals surface area contributed by atoms with Crippen LogP contribution in [0.25, 0.3) is 0 Å². The molecular formula is C23H27NO3S. The van der Waals surface area contributed by atoms with Crippen molar-refractivity contribution in [1.82, 2.24) is 0 Å². The van der Waals surface area contributed by atoms with Gasteiger partial charge in [0, 0.05) is 10.6 Å². The molecule has 0 atom stereocenters. The first kappa shape index (κ1) is 20.5. The number of nitrogens with one attached hydrogen (secondary N) is 1. The van der Waals surface area contributed by atoms with Crippen molar-refractivity contribution in [3.05, 3.63) is 59.2 Å². The Hall–Kier alpha value is -2.27. The SMILES string of the molecule is CC(C)(C)c1ccc(NC(=O)COC(=O)CSc2ccc3c(c2)CCC3)cc1. The summed E-state index contributed by atoms with van der Waals surface area (Å²) in [6.07, 6.45) is 3.47. The van der Waals surface area contributed by atoms with Crippen LogP contribution < -0.4 is 5.32 Å². The summed E-state index contributed by atoms with van der Waals surface area (Å²) in [5, 5.41) is 2.76. The lowest BCUT2D eigenvalue weighted by Crippen LogP contribution is -2.21. The molecule has 0 heterocycles. The summed E-state index contributed by atoms with van der Waals surface area (Å²) in [5.74, 6) is -0.519. The summed E-state index contributed by atoms with van der Waals surface area (Å²) in [7, 11) is 0. The first-order valence-corrected chi connectivity index (χ1v) is 10.6. The summed E-state index contributed by atoms with van der Waals surface area (Å²) in [4.78, 5) is 25.0. The van der Waals surface area contributed by atoms with Crippen LogP contribution >= 0.6 is 11.8 Å². The molecule has 4 nitrogen and oxygen atoms in total. The summed E-state index contributed by atoms with van der Waals surface area (Å²) in [5.41, 5.74) is 4.76. The number of carbonyl (C=O) groups is 2. The van der Waals surface area contributed by atoms with Crippen molar-refractivity contribution >= 4 is 29.3 Å². The van der Waals surface area contributed by atoms with Gasteiger partial charge < -0.3 is 10.1 Å². The van der Waals surface area contributed by atoms with Crippen LogP contribution in [0.3, 0.4) is 0 Å². The Labute approximate surface area is 171 Å². The monoisotopic (exact) mass is 397 g/mol. The van der Waals surface area contributed by atoms with Crippen LogP contribution in [0.15, 0.2) is 47.4 Å². The molecular weight excluding hydrogens is 370 g/mol. The lowest BCUT2D eigenvalue weighted by atomic mass is 9.87. The molecule has 3 rings (SSSR count). The van der Waals surface area contributed by atoms with Crippen LogP contribution in [0.4, 0.5) is 5.69 Å². The Morgan fingerprint density at radius 2 is 1.75 bits per heavy atom. The highest BCUT2D eigenvalue weighted by atomic mass is 32.2. The Bertz CT molecular complexity index is 853. The third-order valence-electron chi connectivity index (χ3n) is 4.83. The minimum absolute atomic E-state index is 0.0641.